The Morgan fingerprint density at radius 3 is 2.42 bits per heavy atom. The number of aromatic nitrogens is 4. The van der Waals surface area contributed by atoms with E-state index in [0.717, 1.165) is 33.7 Å². The lowest BCUT2D eigenvalue weighted by molar-refractivity contribution is 0.332. The van der Waals surface area contributed by atoms with Gasteiger partial charge in [0.25, 0.3) is 0 Å². The highest BCUT2D eigenvalue weighted by Gasteiger charge is 2.11. The number of hydrogen-bond acceptors (Lipinski definition) is 6. The Hall–Kier alpha value is -2.54. The van der Waals surface area contributed by atoms with Crippen LogP contribution in [0.1, 0.15) is 18.1 Å². The molecular weight excluding hydrogens is 348 g/mol. The first kappa shape index (κ1) is 18.3. The zero-order chi connectivity index (χ0) is 18.4. The second-order valence-corrected chi connectivity index (χ2v) is 6.83. The lowest BCUT2D eigenvalue weighted by Crippen LogP contribution is -2.04. The van der Waals surface area contributed by atoms with E-state index in [1.165, 1.54) is 5.56 Å². The predicted octanol–water partition coefficient (Wildman–Crippen LogP) is 3.85. The monoisotopic (exact) mass is 370 g/mol. The van der Waals surface area contributed by atoms with Gasteiger partial charge in [-0.25, -0.2) is 0 Å². The molecule has 0 radical (unpaired) electrons. The summed E-state index contributed by atoms with van der Waals surface area (Å²) >= 11 is 1.57. The van der Waals surface area contributed by atoms with Gasteiger partial charge in [0.15, 0.2) is 0 Å². The van der Waals surface area contributed by atoms with Crippen molar-refractivity contribution in [1.82, 2.24) is 20.2 Å². The van der Waals surface area contributed by atoms with Gasteiger partial charge in [0.05, 0.1) is 18.9 Å². The molecule has 0 fully saturated rings. The minimum Gasteiger partial charge on any atom is -0.494 e. The maximum absolute atomic E-state index is 5.77. The summed E-state index contributed by atoms with van der Waals surface area (Å²) in [5.74, 6) is 2.42. The molecule has 0 aliphatic carbocycles. The SMILES string of the molecule is CCOc1ccc(OCCSc2nnnn2-c2ccc(C)cc2C)cc1. The number of benzene rings is 2. The maximum Gasteiger partial charge on any atom is 0.214 e. The molecule has 0 bridgehead atoms. The molecule has 2 aromatic carbocycles. The van der Waals surface area contributed by atoms with Crippen LogP contribution in [0.25, 0.3) is 5.69 Å². The largest absolute Gasteiger partial charge is 0.494 e. The number of aryl methyl sites for hydroxylation is 2. The van der Waals surface area contributed by atoms with Crippen LogP contribution < -0.4 is 9.47 Å². The van der Waals surface area contributed by atoms with E-state index in [-0.39, 0.29) is 0 Å². The Balaban J connectivity index is 1.55. The van der Waals surface area contributed by atoms with Gasteiger partial charge in [0, 0.05) is 5.75 Å². The molecule has 0 spiro atoms. The Morgan fingerprint density at radius 1 is 1.00 bits per heavy atom. The minimum atomic E-state index is 0.568. The van der Waals surface area contributed by atoms with Gasteiger partial charge in [0.1, 0.15) is 11.5 Å². The molecule has 0 aliphatic heterocycles. The number of tetrazole rings is 1. The van der Waals surface area contributed by atoms with E-state index in [1.807, 2.05) is 37.3 Å². The van der Waals surface area contributed by atoms with Crippen molar-refractivity contribution < 1.29 is 9.47 Å². The second-order valence-electron chi connectivity index (χ2n) is 5.76. The third kappa shape index (κ3) is 4.54. The van der Waals surface area contributed by atoms with Crippen molar-refractivity contribution in [3.05, 3.63) is 53.6 Å². The first-order valence-electron chi connectivity index (χ1n) is 8.52. The van der Waals surface area contributed by atoms with Crippen LogP contribution in [0.15, 0.2) is 47.6 Å². The van der Waals surface area contributed by atoms with Crippen molar-refractivity contribution in [2.75, 3.05) is 19.0 Å². The van der Waals surface area contributed by atoms with Crippen molar-refractivity contribution in [2.24, 2.45) is 0 Å². The number of thioether (sulfide) groups is 1. The van der Waals surface area contributed by atoms with Crippen molar-refractivity contribution in [3.63, 3.8) is 0 Å². The van der Waals surface area contributed by atoms with Crippen molar-refractivity contribution >= 4 is 11.8 Å². The molecule has 136 valence electrons. The standard InChI is InChI=1S/C19H22N4O2S/c1-4-24-16-6-8-17(9-7-16)25-11-12-26-19-20-21-22-23(19)18-10-5-14(2)13-15(18)3/h5-10,13H,4,11-12H2,1-3H3. The van der Waals surface area contributed by atoms with E-state index in [4.69, 9.17) is 9.47 Å². The van der Waals surface area contributed by atoms with Gasteiger partial charge in [-0.05, 0) is 67.1 Å². The van der Waals surface area contributed by atoms with Crippen LogP contribution in [0.5, 0.6) is 11.5 Å². The highest BCUT2D eigenvalue weighted by molar-refractivity contribution is 7.99. The number of nitrogens with zero attached hydrogens (tertiary/aromatic N) is 4. The molecule has 1 aromatic heterocycles. The van der Waals surface area contributed by atoms with E-state index in [9.17, 15) is 0 Å². The molecule has 3 rings (SSSR count). The number of rotatable bonds is 8. The Bertz CT molecular complexity index is 849. The molecule has 0 atom stereocenters. The first-order chi connectivity index (χ1) is 12.7. The molecule has 26 heavy (non-hydrogen) atoms. The van der Waals surface area contributed by atoms with Crippen molar-refractivity contribution in [3.8, 4) is 17.2 Å². The van der Waals surface area contributed by atoms with Gasteiger partial charge < -0.3 is 9.47 Å². The molecule has 7 heteroatoms. The lowest BCUT2D eigenvalue weighted by atomic mass is 10.1. The van der Waals surface area contributed by atoms with Gasteiger partial charge in [-0.2, -0.15) is 4.68 Å². The van der Waals surface area contributed by atoms with Crippen molar-refractivity contribution in [1.29, 1.82) is 0 Å². The summed E-state index contributed by atoms with van der Waals surface area (Å²) in [7, 11) is 0. The van der Waals surface area contributed by atoms with Crippen LogP contribution in [0.3, 0.4) is 0 Å². The fourth-order valence-corrected chi connectivity index (χ4v) is 3.26. The summed E-state index contributed by atoms with van der Waals surface area (Å²) in [6, 6.07) is 13.9. The second kappa shape index (κ2) is 8.71. The molecule has 1 heterocycles. The molecule has 0 saturated heterocycles. The maximum atomic E-state index is 5.77. The Kier molecular flexibility index (Phi) is 6.12. The van der Waals surface area contributed by atoms with Crippen LogP contribution in [-0.4, -0.2) is 39.2 Å². The van der Waals surface area contributed by atoms with Crippen molar-refractivity contribution in [2.45, 2.75) is 25.9 Å². The molecule has 0 saturated carbocycles. The molecular formula is C19H22N4O2S. The quantitative estimate of drug-likeness (QED) is 0.443. The fourth-order valence-electron chi connectivity index (χ4n) is 2.55. The van der Waals surface area contributed by atoms with Crippen LogP contribution in [0.4, 0.5) is 0 Å². The van der Waals surface area contributed by atoms with E-state index < -0.39 is 0 Å². The van der Waals surface area contributed by atoms with Crippen LogP contribution in [0, 0.1) is 13.8 Å². The van der Waals surface area contributed by atoms with Crippen LogP contribution >= 0.6 is 11.8 Å². The molecule has 6 nitrogen and oxygen atoms in total. The van der Waals surface area contributed by atoms with Gasteiger partial charge in [-0.15, -0.1) is 5.10 Å². The molecule has 0 N–H and O–H groups in total. The zero-order valence-electron chi connectivity index (χ0n) is 15.2. The first-order valence-corrected chi connectivity index (χ1v) is 9.50. The average molecular weight is 370 g/mol. The molecule has 0 amide bonds. The number of ether oxygens (including phenoxy) is 2. The minimum absolute atomic E-state index is 0.568. The summed E-state index contributed by atoms with van der Waals surface area (Å²) in [6.45, 7) is 7.33. The summed E-state index contributed by atoms with van der Waals surface area (Å²) in [6.07, 6.45) is 0. The topological polar surface area (TPSA) is 62.1 Å². The molecule has 3 aromatic rings. The summed E-state index contributed by atoms with van der Waals surface area (Å²) in [5, 5.41) is 12.8. The predicted molar refractivity (Wildman–Crippen MR) is 102 cm³/mol. The molecule has 0 unspecified atom stereocenters. The third-order valence-corrected chi connectivity index (χ3v) is 4.62. The third-order valence-electron chi connectivity index (χ3n) is 3.74. The average Bonchev–Trinajstić information content (AvgIpc) is 3.08. The fraction of sp³-hybridized carbons (Fsp3) is 0.316. The molecule has 0 aliphatic rings. The summed E-state index contributed by atoms with van der Waals surface area (Å²) in [4.78, 5) is 0. The summed E-state index contributed by atoms with van der Waals surface area (Å²) in [5.41, 5.74) is 3.36. The van der Waals surface area contributed by atoms with Gasteiger partial charge in [0.2, 0.25) is 5.16 Å². The number of hydrogen-bond donors (Lipinski definition) is 0. The van der Waals surface area contributed by atoms with E-state index in [0.29, 0.717) is 13.2 Å². The normalized spacial score (nSPS) is 10.7. The van der Waals surface area contributed by atoms with Gasteiger partial charge >= 0.3 is 0 Å². The van der Waals surface area contributed by atoms with E-state index >= 15 is 0 Å². The van der Waals surface area contributed by atoms with Crippen LogP contribution in [-0.2, 0) is 0 Å². The van der Waals surface area contributed by atoms with Gasteiger partial charge in [-0.3, -0.25) is 0 Å². The lowest BCUT2D eigenvalue weighted by Gasteiger charge is -2.09. The highest BCUT2D eigenvalue weighted by atomic mass is 32.2. The highest BCUT2D eigenvalue weighted by Crippen LogP contribution is 2.22. The van der Waals surface area contributed by atoms with E-state index in [1.54, 1.807) is 16.4 Å². The summed E-state index contributed by atoms with van der Waals surface area (Å²) < 4.78 is 13.0. The zero-order valence-corrected chi connectivity index (χ0v) is 16.0. The van der Waals surface area contributed by atoms with Gasteiger partial charge in [-0.1, -0.05) is 29.5 Å². The van der Waals surface area contributed by atoms with E-state index in [2.05, 4.69) is 41.5 Å². The van der Waals surface area contributed by atoms with Crippen LogP contribution in [0.2, 0.25) is 0 Å². The smallest absolute Gasteiger partial charge is 0.214 e. The Morgan fingerprint density at radius 2 is 1.73 bits per heavy atom. The Labute approximate surface area is 157 Å².